The van der Waals surface area contributed by atoms with E-state index in [4.69, 9.17) is 5.41 Å². The van der Waals surface area contributed by atoms with Gasteiger partial charge >= 0.3 is 0 Å². The third kappa shape index (κ3) is 5.54. The van der Waals surface area contributed by atoms with Crippen LogP contribution < -0.4 is 0 Å². The summed E-state index contributed by atoms with van der Waals surface area (Å²) in [5.41, 5.74) is 0.906. The Hall–Kier alpha value is -0.330. The number of hydrogen-bond donors (Lipinski definition) is 1. The number of nitrogens with one attached hydrogen (secondary N) is 1. The van der Waals surface area contributed by atoms with Crippen LogP contribution in [0.1, 0.15) is 46.0 Å². The first kappa shape index (κ1) is 8.67. The summed E-state index contributed by atoms with van der Waals surface area (Å²) in [4.78, 5) is 0. The molecule has 0 saturated heterocycles. The van der Waals surface area contributed by atoms with Crippen molar-refractivity contribution in [2.24, 2.45) is 0 Å². The second-order valence-electron chi connectivity index (χ2n) is 2.41. The lowest BCUT2D eigenvalue weighted by Crippen LogP contribution is -1.92. The van der Waals surface area contributed by atoms with Crippen LogP contribution in [0.5, 0.6) is 0 Å². The molecule has 1 N–H and O–H groups in total. The van der Waals surface area contributed by atoms with Gasteiger partial charge in [-0.3, -0.25) is 0 Å². The van der Waals surface area contributed by atoms with Gasteiger partial charge in [0.1, 0.15) is 0 Å². The predicted molar refractivity (Wildman–Crippen MR) is 42.2 cm³/mol. The summed E-state index contributed by atoms with van der Waals surface area (Å²) >= 11 is 0. The van der Waals surface area contributed by atoms with Crippen molar-refractivity contribution in [1.29, 1.82) is 5.41 Å². The van der Waals surface area contributed by atoms with Crippen LogP contribution in [0.3, 0.4) is 0 Å². The van der Waals surface area contributed by atoms with Gasteiger partial charge in [0.15, 0.2) is 0 Å². The molecule has 0 aromatic heterocycles. The van der Waals surface area contributed by atoms with E-state index in [9.17, 15) is 0 Å². The van der Waals surface area contributed by atoms with Crippen molar-refractivity contribution in [2.75, 3.05) is 0 Å². The maximum absolute atomic E-state index is 7.32. The molecule has 1 nitrogen and oxygen atoms in total. The SMILES string of the molecule is CCCCCC(=N)CC. The quantitative estimate of drug-likeness (QED) is 0.433. The highest BCUT2D eigenvalue weighted by Crippen LogP contribution is 2.00. The Bertz CT molecular complexity index is 76.6. The van der Waals surface area contributed by atoms with Gasteiger partial charge in [0.05, 0.1) is 0 Å². The fourth-order valence-corrected chi connectivity index (χ4v) is 0.765. The molecule has 0 aromatic rings. The molecule has 0 fully saturated rings. The molecule has 0 aliphatic rings. The van der Waals surface area contributed by atoms with Crippen LogP contribution in [0.15, 0.2) is 0 Å². The largest absolute Gasteiger partial charge is 0.310 e. The summed E-state index contributed by atoms with van der Waals surface area (Å²) < 4.78 is 0. The van der Waals surface area contributed by atoms with E-state index in [0.717, 1.165) is 18.6 Å². The second kappa shape index (κ2) is 5.80. The van der Waals surface area contributed by atoms with Gasteiger partial charge in [0.25, 0.3) is 0 Å². The highest BCUT2D eigenvalue weighted by molar-refractivity contribution is 5.80. The van der Waals surface area contributed by atoms with Gasteiger partial charge in [0, 0.05) is 5.71 Å². The summed E-state index contributed by atoms with van der Waals surface area (Å²) in [6.45, 7) is 4.24. The Morgan fingerprint density at radius 3 is 2.33 bits per heavy atom. The van der Waals surface area contributed by atoms with Crippen LogP contribution in [-0.4, -0.2) is 5.71 Å². The van der Waals surface area contributed by atoms with Gasteiger partial charge < -0.3 is 5.41 Å². The minimum Gasteiger partial charge on any atom is -0.310 e. The molecular weight excluding hydrogens is 110 g/mol. The van der Waals surface area contributed by atoms with E-state index in [-0.39, 0.29) is 0 Å². The van der Waals surface area contributed by atoms with Gasteiger partial charge in [0.2, 0.25) is 0 Å². The zero-order valence-corrected chi connectivity index (χ0v) is 6.54. The van der Waals surface area contributed by atoms with Crippen molar-refractivity contribution in [1.82, 2.24) is 0 Å². The van der Waals surface area contributed by atoms with Crippen molar-refractivity contribution in [3.05, 3.63) is 0 Å². The Balaban J connectivity index is 2.97. The molecule has 0 radical (unpaired) electrons. The highest BCUT2D eigenvalue weighted by Gasteiger charge is 1.90. The van der Waals surface area contributed by atoms with Crippen LogP contribution in [0.2, 0.25) is 0 Å². The Labute approximate surface area is 58.0 Å². The molecule has 0 atom stereocenters. The van der Waals surface area contributed by atoms with Crippen LogP contribution in [-0.2, 0) is 0 Å². The highest BCUT2D eigenvalue weighted by atomic mass is 14.4. The first-order valence-corrected chi connectivity index (χ1v) is 3.87. The van der Waals surface area contributed by atoms with E-state index < -0.39 is 0 Å². The Morgan fingerprint density at radius 2 is 1.89 bits per heavy atom. The molecule has 0 rings (SSSR count). The Morgan fingerprint density at radius 1 is 1.22 bits per heavy atom. The summed E-state index contributed by atoms with van der Waals surface area (Å²) in [5, 5.41) is 7.32. The van der Waals surface area contributed by atoms with Gasteiger partial charge in [-0.2, -0.15) is 0 Å². The van der Waals surface area contributed by atoms with Crippen LogP contribution >= 0.6 is 0 Å². The molecule has 0 bridgehead atoms. The molecule has 9 heavy (non-hydrogen) atoms. The molecule has 0 saturated carbocycles. The smallest absolute Gasteiger partial charge is 0.00864 e. The van der Waals surface area contributed by atoms with Crippen molar-refractivity contribution in [3.63, 3.8) is 0 Å². The lowest BCUT2D eigenvalue weighted by atomic mass is 10.1. The van der Waals surface area contributed by atoms with E-state index in [1.807, 2.05) is 6.92 Å². The van der Waals surface area contributed by atoms with E-state index in [0.29, 0.717) is 0 Å². The zero-order valence-electron chi connectivity index (χ0n) is 6.54. The minimum atomic E-state index is 0.906. The zero-order chi connectivity index (χ0) is 7.11. The third-order valence-electron chi connectivity index (χ3n) is 1.51. The first-order valence-electron chi connectivity index (χ1n) is 3.87. The summed E-state index contributed by atoms with van der Waals surface area (Å²) in [5.74, 6) is 0. The standard InChI is InChI=1S/C8H17N/c1-3-5-6-7-8(9)4-2/h9H,3-7H2,1-2H3. The van der Waals surface area contributed by atoms with Crippen LogP contribution in [0, 0.1) is 5.41 Å². The van der Waals surface area contributed by atoms with Crippen molar-refractivity contribution in [3.8, 4) is 0 Å². The minimum absolute atomic E-state index is 0.906. The molecule has 0 unspecified atom stereocenters. The molecule has 0 heterocycles. The molecule has 0 amide bonds. The fraction of sp³-hybridized carbons (Fsp3) is 0.875. The predicted octanol–water partition coefficient (Wildman–Crippen LogP) is 3.00. The maximum atomic E-state index is 7.32. The first-order chi connectivity index (χ1) is 4.31. The van der Waals surface area contributed by atoms with E-state index in [2.05, 4.69) is 6.92 Å². The van der Waals surface area contributed by atoms with E-state index >= 15 is 0 Å². The monoisotopic (exact) mass is 127 g/mol. The number of rotatable bonds is 5. The molecule has 1 heteroatoms. The van der Waals surface area contributed by atoms with Crippen LogP contribution in [0.25, 0.3) is 0 Å². The fourth-order valence-electron chi connectivity index (χ4n) is 0.765. The third-order valence-corrected chi connectivity index (χ3v) is 1.51. The van der Waals surface area contributed by atoms with Gasteiger partial charge in [-0.25, -0.2) is 0 Å². The summed E-state index contributed by atoms with van der Waals surface area (Å²) in [6.07, 6.45) is 5.70. The maximum Gasteiger partial charge on any atom is 0.00864 e. The molecule has 0 aliphatic carbocycles. The second-order valence-corrected chi connectivity index (χ2v) is 2.41. The van der Waals surface area contributed by atoms with E-state index in [1.165, 1.54) is 19.3 Å². The van der Waals surface area contributed by atoms with Crippen LogP contribution in [0.4, 0.5) is 0 Å². The van der Waals surface area contributed by atoms with E-state index in [1.54, 1.807) is 0 Å². The molecule has 54 valence electrons. The van der Waals surface area contributed by atoms with Gasteiger partial charge in [-0.1, -0.05) is 26.7 Å². The molecular formula is C8H17N. The lowest BCUT2D eigenvalue weighted by molar-refractivity contribution is 0.736. The number of unbranched alkanes of at least 4 members (excludes halogenated alkanes) is 2. The average Bonchev–Trinajstić information content (AvgIpc) is 1.89. The normalized spacial score (nSPS) is 9.56. The average molecular weight is 127 g/mol. The topological polar surface area (TPSA) is 23.9 Å². The van der Waals surface area contributed by atoms with Crippen molar-refractivity contribution < 1.29 is 0 Å². The lowest BCUT2D eigenvalue weighted by Gasteiger charge is -1.97. The number of hydrogen-bond acceptors (Lipinski definition) is 1. The summed E-state index contributed by atoms with van der Waals surface area (Å²) in [6, 6.07) is 0. The van der Waals surface area contributed by atoms with Gasteiger partial charge in [-0.15, -0.1) is 0 Å². The molecule has 0 aromatic carbocycles. The Kier molecular flexibility index (Phi) is 5.59. The van der Waals surface area contributed by atoms with Gasteiger partial charge in [-0.05, 0) is 19.3 Å². The molecule has 0 aliphatic heterocycles. The van der Waals surface area contributed by atoms with Crippen molar-refractivity contribution in [2.45, 2.75) is 46.0 Å². The molecule has 0 spiro atoms. The summed E-state index contributed by atoms with van der Waals surface area (Å²) in [7, 11) is 0. The van der Waals surface area contributed by atoms with Crippen molar-refractivity contribution >= 4 is 5.71 Å².